The Morgan fingerprint density at radius 3 is 1.00 bits per heavy atom. The number of hydrogen-bond acceptors (Lipinski definition) is 4. The van der Waals surface area contributed by atoms with Crippen LogP contribution in [0.1, 0.15) is 21.0 Å². The summed E-state index contributed by atoms with van der Waals surface area (Å²) in [6.45, 7) is 0. The Kier molecular flexibility index (Phi) is 68.5. The summed E-state index contributed by atoms with van der Waals surface area (Å²) in [5, 5.41) is 0. The van der Waals surface area contributed by atoms with Gasteiger partial charge in [0.15, 0.2) is 0 Å². The van der Waals surface area contributed by atoms with Gasteiger partial charge in [0.05, 0.1) is 0 Å². The first-order valence-corrected chi connectivity index (χ1v) is 5.03. The number of pyridine rings is 2. The van der Waals surface area contributed by atoms with Crippen molar-refractivity contribution in [3.63, 3.8) is 0 Å². The van der Waals surface area contributed by atoms with E-state index in [0.717, 1.165) is 0 Å². The number of carbonyl (C=O) groups is 2. The van der Waals surface area contributed by atoms with Crippen molar-refractivity contribution in [2.75, 3.05) is 0 Å². The van der Waals surface area contributed by atoms with Crippen LogP contribution in [0.5, 0.6) is 0 Å². The molecule has 27 heavy (non-hydrogen) atoms. The van der Waals surface area contributed by atoms with Gasteiger partial charge in [-0.05, 0) is 24.3 Å². The molecule has 2 aromatic heterocycles. The van der Waals surface area contributed by atoms with Crippen LogP contribution < -0.4 is 48.7 Å². The molecule has 11 nitrogen and oxygen atoms in total. The monoisotopic (exact) mass is 585 g/mol. The molecule has 2 heterocycles. The Bertz CT molecular complexity index is 496. The van der Waals surface area contributed by atoms with Crippen LogP contribution in [0.15, 0.2) is 48.8 Å². The largest absolute Gasteiger partial charge is 3.00 e. The van der Waals surface area contributed by atoms with E-state index < -0.39 is 11.8 Å². The molecular formula is C12H27Cl3N4O7Pr+5. The van der Waals surface area contributed by atoms with Crippen molar-refractivity contribution >= 4 is 11.8 Å². The van der Waals surface area contributed by atoms with Crippen molar-refractivity contribution in [3.05, 3.63) is 60.2 Å². The van der Waals surface area contributed by atoms with Crippen LogP contribution in [0, 0.1) is 41.3 Å². The summed E-state index contributed by atoms with van der Waals surface area (Å²) >= 11 is 0. The summed E-state index contributed by atoms with van der Waals surface area (Å²) in [7, 11) is 0. The van der Waals surface area contributed by atoms with Crippen molar-refractivity contribution < 1.29 is 115 Å². The summed E-state index contributed by atoms with van der Waals surface area (Å²) in [4.78, 5) is 28.1. The SMILES string of the molecule is NC(=O)c1ccccn1.NC(=O)c1ccccn1.[Cl-].[Cl-].[Cl-].[OH3+].[OH3+].[OH3+].[OH3+].[OH3+].[Pr+3]. The molecule has 0 aliphatic heterocycles. The van der Waals surface area contributed by atoms with E-state index >= 15 is 0 Å². The Labute approximate surface area is 207 Å². The molecule has 0 aliphatic rings. The molecule has 19 N–H and O–H groups in total. The third-order valence-corrected chi connectivity index (χ3v) is 1.83. The number of rotatable bonds is 2. The van der Waals surface area contributed by atoms with Gasteiger partial charge in [0, 0.05) is 12.4 Å². The van der Waals surface area contributed by atoms with Gasteiger partial charge in [-0.15, -0.1) is 0 Å². The molecule has 0 aromatic carbocycles. The minimum absolute atomic E-state index is 0. The topological polar surface area (TPSA) is 277 Å². The van der Waals surface area contributed by atoms with Gasteiger partial charge in [0.1, 0.15) is 11.4 Å². The first kappa shape index (κ1) is 56.2. The predicted molar refractivity (Wildman–Crippen MR) is 89.9 cm³/mol. The van der Waals surface area contributed by atoms with E-state index in [1.54, 1.807) is 36.4 Å². The quantitative estimate of drug-likeness (QED) is 0.324. The molecular weight excluding hydrogens is 559 g/mol. The van der Waals surface area contributed by atoms with Crippen LogP contribution in [-0.2, 0) is 27.4 Å². The van der Waals surface area contributed by atoms with E-state index in [1.165, 1.54) is 12.4 Å². The number of halogens is 3. The maximum Gasteiger partial charge on any atom is 3.00 e. The van der Waals surface area contributed by atoms with Crippen LogP contribution in [0.3, 0.4) is 0 Å². The van der Waals surface area contributed by atoms with Gasteiger partial charge in [-0.2, -0.15) is 0 Å². The summed E-state index contributed by atoms with van der Waals surface area (Å²) in [6, 6.07) is 10.0. The molecule has 0 saturated heterocycles. The van der Waals surface area contributed by atoms with Crippen molar-refractivity contribution in [1.82, 2.24) is 9.97 Å². The number of carbonyl (C=O) groups excluding carboxylic acids is 2. The third kappa shape index (κ3) is 25.3. The average molecular weight is 587 g/mol. The predicted octanol–water partition coefficient (Wildman–Crippen LogP) is -13.2. The molecule has 0 bridgehead atoms. The van der Waals surface area contributed by atoms with E-state index in [4.69, 9.17) is 11.5 Å². The molecule has 2 aromatic rings. The Morgan fingerprint density at radius 2 is 0.889 bits per heavy atom. The van der Waals surface area contributed by atoms with Gasteiger partial charge < -0.3 is 76.1 Å². The number of primary amides is 2. The summed E-state index contributed by atoms with van der Waals surface area (Å²) in [5.74, 6) is -0.980. The molecule has 0 atom stereocenters. The van der Waals surface area contributed by atoms with Gasteiger partial charge in [0.25, 0.3) is 11.8 Å². The number of hydrogen-bond donors (Lipinski definition) is 2. The number of amides is 2. The standard InChI is InChI=1S/2C6H6N2O.3ClH.5H2O.Pr/c2*7-6(9)5-3-1-2-4-8-5;;;;;;;;;/h2*1-4H,(H2,7,9);3*1H;5*1H2;/q;;;;;;;;;;+3/p+2. The van der Waals surface area contributed by atoms with E-state index in [9.17, 15) is 9.59 Å². The summed E-state index contributed by atoms with van der Waals surface area (Å²) in [5.41, 5.74) is 10.4. The van der Waals surface area contributed by atoms with Gasteiger partial charge in [-0.25, -0.2) is 0 Å². The first-order valence-electron chi connectivity index (χ1n) is 5.03. The van der Waals surface area contributed by atoms with Crippen LogP contribution in [0.25, 0.3) is 0 Å². The third-order valence-electron chi connectivity index (χ3n) is 1.83. The van der Waals surface area contributed by atoms with Crippen LogP contribution in [0.2, 0.25) is 0 Å². The molecule has 0 unspecified atom stereocenters. The Morgan fingerprint density at radius 1 is 0.630 bits per heavy atom. The van der Waals surface area contributed by atoms with Crippen LogP contribution >= 0.6 is 0 Å². The van der Waals surface area contributed by atoms with Gasteiger partial charge in [-0.1, -0.05) is 12.1 Å². The summed E-state index contributed by atoms with van der Waals surface area (Å²) < 4.78 is 0. The van der Waals surface area contributed by atoms with Crippen molar-refractivity contribution in [2.24, 2.45) is 11.5 Å². The first-order chi connectivity index (χ1) is 8.61. The zero-order chi connectivity index (χ0) is 13.4. The number of nitrogens with zero attached hydrogens (tertiary/aromatic N) is 2. The fourth-order valence-electron chi connectivity index (χ4n) is 1.02. The zero-order valence-corrected chi connectivity index (χ0v) is 20.1. The molecule has 156 valence electrons. The molecule has 15 heteroatoms. The molecule has 0 fully saturated rings. The minimum Gasteiger partial charge on any atom is -1.00 e. The van der Waals surface area contributed by atoms with E-state index in [2.05, 4.69) is 9.97 Å². The molecule has 0 spiro atoms. The van der Waals surface area contributed by atoms with Crippen LogP contribution in [-0.4, -0.2) is 21.8 Å². The number of aromatic nitrogens is 2. The van der Waals surface area contributed by atoms with E-state index in [0.29, 0.717) is 11.4 Å². The normalized spacial score (nSPS) is 5.93. The number of nitrogens with two attached hydrogens (primary N) is 2. The molecule has 0 aliphatic carbocycles. The van der Waals surface area contributed by atoms with Crippen molar-refractivity contribution in [1.29, 1.82) is 0 Å². The van der Waals surface area contributed by atoms with Crippen molar-refractivity contribution in [3.8, 4) is 0 Å². The van der Waals surface area contributed by atoms with Gasteiger partial charge in [0.2, 0.25) is 0 Å². The second kappa shape index (κ2) is 32.9. The maximum absolute atomic E-state index is 10.4. The minimum atomic E-state index is -0.490. The zero-order valence-electron chi connectivity index (χ0n) is 14.1. The Hall–Kier alpha value is -0.726. The Balaban J connectivity index is -0.0000000257. The second-order valence-corrected chi connectivity index (χ2v) is 3.16. The van der Waals surface area contributed by atoms with E-state index in [1.807, 2.05) is 0 Å². The molecule has 0 radical (unpaired) electrons. The second-order valence-electron chi connectivity index (χ2n) is 3.16. The average Bonchev–Trinajstić information content (AvgIpc) is 2.41. The van der Waals surface area contributed by atoms with Gasteiger partial charge >= 0.3 is 41.3 Å². The van der Waals surface area contributed by atoms with Crippen LogP contribution in [0.4, 0.5) is 0 Å². The smallest absolute Gasteiger partial charge is 1.00 e. The maximum atomic E-state index is 10.4. The molecule has 2 amide bonds. The fourth-order valence-corrected chi connectivity index (χ4v) is 1.02. The van der Waals surface area contributed by atoms with E-state index in [-0.39, 0.29) is 106 Å². The summed E-state index contributed by atoms with van der Waals surface area (Å²) in [6.07, 6.45) is 3.06. The van der Waals surface area contributed by atoms with Crippen molar-refractivity contribution in [2.45, 2.75) is 0 Å². The fraction of sp³-hybridized carbons (Fsp3) is 0. The molecule has 0 saturated carbocycles. The molecule has 2 rings (SSSR count). The van der Waals surface area contributed by atoms with Gasteiger partial charge in [-0.3, -0.25) is 19.6 Å².